The largest absolute Gasteiger partial charge is 0.491 e. The maximum atomic E-state index is 15.0. The third kappa shape index (κ3) is 8.66. The molecule has 4 heterocycles. The Kier molecular flexibility index (Phi) is 12.7. The average Bonchev–Trinajstić information content (AvgIpc) is 4.15. The summed E-state index contributed by atoms with van der Waals surface area (Å²) in [6.07, 6.45) is 5.70. The molecule has 370 valence electrons. The number of carbonyl (C=O) groups excluding carboxylic acids is 1. The van der Waals surface area contributed by atoms with Crippen LogP contribution in [0.25, 0.3) is 43.6 Å². The van der Waals surface area contributed by atoms with Gasteiger partial charge < -0.3 is 14.2 Å². The van der Waals surface area contributed by atoms with Crippen LogP contribution in [0.4, 0.5) is 0 Å². The Morgan fingerprint density at radius 2 is 1.50 bits per heavy atom. The maximum absolute atomic E-state index is 15.0. The fraction of sp³-hybridized carbons (Fsp3) is 0.242. The van der Waals surface area contributed by atoms with Gasteiger partial charge in [0.1, 0.15) is 18.2 Å². The van der Waals surface area contributed by atoms with Crippen molar-refractivity contribution in [2.24, 2.45) is 0 Å². The number of aryl methyl sites for hydroxylation is 3. The number of hydrogen-bond acceptors (Lipinski definition) is 10. The molecule has 74 heavy (non-hydrogen) atoms. The standard InChI is InChI=1S/C62H54ClN5O5S/c1-36-27-52(60-59(65-36)55(35-74-60)62(70)72-4)51-31-41(63)19-22-57(51)73-26-25-68-37(2)66-56-21-20-42(32-53(56)61(68)69)67(33-38-23-24-64-58(28-38)71-3)34-54(47-17-9-15-45-43-13-7-5-11-39(43)29-49(45)47)48-18-10-16-46-44-14-8-6-12-40(44)30-50(46)48/h5-19,22-24,27-28,31,35,42,54H,20-21,25-26,29-30,32-34H2,1-4H3. The molecule has 0 saturated heterocycles. The Morgan fingerprint density at radius 1 is 0.797 bits per heavy atom. The molecule has 5 aromatic carbocycles. The lowest BCUT2D eigenvalue weighted by molar-refractivity contribution is 0.0603. The van der Waals surface area contributed by atoms with Crippen molar-refractivity contribution in [3.8, 4) is 45.0 Å². The van der Waals surface area contributed by atoms with Crippen LogP contribution in [-0.4, -0.2) is 63.8 Å². The zero-order valence-electron chi connectivity index (χ0n) is 41.8. The quantitative estimate of drug-likeness (QED) is 0.0984. The third-order valence-electron chi connectivity index (χ3n) is 15.4. The number of methoxy groups -OCH3 is 2. The summed E-state index contributed by atoms with van der Waals surface area (Å²) in [5.74, 6) is 1.42. The van der Waals surface area contributed by atoms with E-state index in [1.54, 1.807) is 23.1 Å². The van der Waals surface area contributed by atoms with Crippen LogP contribution in [0, 0.1) is 13.8 Å². The molecule has 1 atom stereocenters. The first-order chi connectivity index (χ1) is 36.1. The van der Waals surface area contributed by atoms with Crippen LogP contribution in [0.3, 0.4) is 0 Å². The Bertz CT molecular complexity index is 3660. The molecular weight excluding hydrogens is 962 g/mol. The van der Waals surface area contributed by atoms with E-state index in [4.69, 9.17) is 35.8 Å². The van der Waals surface area contributed by atoms with Gasteiger partial charge >= 0.3 is 5.97 Å². The number of carbonyl (C=O) groups is 1. The number of thiophene rings is 1. The van der Waals surface area contributed by atoms with Gasteiger partial charge in [-0.15, -0.1) is 11.3 Å². The lowest BCUT2D eigenvalue weighted by atomic mass is 9.81. The van der Waals surface area contributed by atoms with E-state index < -0.39 is 5.97 Å². The number of fused-ring (bicyclic) bond motifs is 8. The molecule has 12 heteroatoms. The fourth-order valence-electron chi connectivity index (χ4n) is 11.9. The minimum atomic E-state index is -0.441. The zero-order valence-corrected chi connectivity index (χ0v) is 43.4. The molecule has 0 amide bonds. The summed E-state index contributed by atoms with van der Waals surface area (Å²) in [6.45, 7) is 5.68. The van der Waals surface area contributed by atoms with Gasteiger partial charge in [0, 0.05) is 70.1 Å². The molecule has 9 aromatic rings. The summed E-state index contributed by atoms with van der Waals surface area (Å²) in [5, 5.41) is 2.32. The van der Waals surface area contributed by atoms with Gasteiger partial charge in [-0.3, -0.25) is 19.2 Å². The number of esters is 1. The van der Waals surface area contributed by atoms with Crippen molar-refractivity contribution in [3.05, 3.63) is 216 Å². The topological polar surface area (TPSA) is 109 Å². The molecular formula is C62H54ClN5O5S. The number of halogens is 1. The molecule has 0 spiro atoms. The number of hydrogen-bond donors (Lipinski definition) is 0. The summed E-state index contributed by atoms with van der Waals surface area (Å²) in [4.78, 5) is 44.6. The molecule has 3 aliphatic carbocycles. The highest BCUT2D eigenvalue weighted by Gasteiger charge is 2.35. The highest BCUT2D eigenvalue weighted by molar-refractivity contribution is 7.18. The Labute approximate surface area is 439 Å². The minimum Gasteiger partial charge on any atom is -0.491 e. The number of benzene rings is 5. The average molecular weight is 1020 g/mol. The summed E-state index contributed by atoms with van der Waals surface area (Å²) in [6, 6.07) is 43.1. The van der Waals surface area contributed by atoms with E-state index in [1.807, 2.05) is 44.3 Å². The Hall–Kier alpha value is -7.44. The number of aromatic nitrogens is 4. The van der Waals surface area contributed by atoms with Crippen molar-refractivity contribution in [1.29, 1.82) is 0 Å². The fourth-order valence-corrected chi connectivity index (χ4v) is 13.1. The van der Waals surface area contributed by atoms with Crippen LogP contribution in [0.2, 0.25) is 5.02 Å². The molecule has 3 aliphatic rings. The smallest absolute Gasteiger partial charge is 0.340 e. The lowest BCUT2D eigenvalue weighted by Crippen LogP contribution is -2.44. The van der Waals surface area contributed by atoms with Gasteiger partial charge in [0.05, 0.1) is 42.2 Å². The molecule has 0 fully saturated rings. The summed E-state index contributed by atoms with van der Waals surface area (Å²) < 4.78 is 19.9. The third-order valence-corrected chi connectivity index (χ3v) is 16.6. The second-order valence-corrected chi connectivity index (χ2v) is 21.0. The normalized spacial score (nSPS) is 14.2. The minimum absolute atomic E-state index is 0.0261. The second kappa shape index (κ2) is 19.8. The van der Waals surface area contributed by atoms with Gasteiger partial charge in [0.2, 0.25) is 5.88 Å². The van der Waals surface area contributed by atoms with Crippen molar-refractivity contribution in [1.82, 2.24) is 24.4 Å². The SMILES string of the molecule is COC(=O)c1csc2c(-c3cc(Cl)ccc3OCCn3c(C)nc4c(c3=O)CC(N(Cc3ccnc(OC)c3)CC(c3cccc5c3Cc3ccccc3-5)c3cccc5c3Cc3ccccc3-5)CC4)cc(C)nc12. The monoisotopic (exact) mass is 1020 g/mol. The number of rotatable bonds is 14. The first-order valence-corrected chi connectivity index (χ1v) is 26.5. The predicted molar refractivity (Wildman–Crippen MR) is 293 cm³/mol. The second-order valence-electron chi connectivity index (χ2n) is 19.7. The molecule has 10 nitrogen and oxygen atoms in total. The van der Waals surface area contributed by atoms with E-state index >= 15 is 0 Å². The first-order valence-electron chi connectivity index (χ1n) is 25.3. The van der Waals surface area contributed by atoms with Gasteiger partial charge in [0.25, 0.3) is 5.56 Å². The van der Waals surface area contributed by atoms with Crippen LogP contribution >= 0.6 is 22.9 Å². The van der Waals surface area contributed by atoms with Crippen molar-refractivity contribution >= 4 is 39.1 Å². The molecule has 0 radical (unpaired) electrons. The van der Waals surface area contributed by atoms with Gasteiger partial charge in [-0.25, -0.2) is 14.8 Å². The van der Waals surface area contributed by atoms with E-state index in [2.05, 4.69) is 101 Å². The van der Waals surface area contributed by atoms with E-state index in [1.165, 1.54) is 74.1 Å². The lowest BCUT2D eigenvalue weighted by Gasteiger charge is -2.38. The van der Waals surface area contributed by atoms with Crippen molar-refractivity contribution < 1.29 is 19.0 Å². The van der Waals surface area contributed by atoms with E-state index in [0.717, 1.165) is 64.1 Å². The van der Waals surface area contributed by atoms with Crippen LogP contribution in [0.15, 0.2) is 138 Å². The summed E-state index contributed by atoms with van der Waals surface area (Å²) in [7, 11) is 3.03. The Balaban J connectivity index is 0.884. The number of pyridine rings is 2. The van der Waals surface area contributed by atoms with Crippen molar-refractivity contribution in [2.45, 2.75) is 71.0 Å². The van der Waals surface area contributed by atoms with Crippen LogP contribution in [-0.2, 0) is 43.5 Å². The van der Waals surface area contributed by atoms with Gasteiger partial charge in [0.15, 0.2) is 0 Å². The molecule has 0 N–H and O–H groups in total. The molecule has 0 saturated carbocycles. The zero-order chi connectivity index (χ0) is 50.6. The van der Waals surface area contributed by atoms with Gasteiger partial charge in [-0.1, -0.05) is 96.5 Å². The molecule has 0 bridgehead atoms. The highest BCUT2D eigenvalue weighted by atomic mass is 35.5. The van der Waals surface area contributed by atoms with E-state index in [0.29, 0.717) is 59.5 Å². The first kappa shape index (κ1) is 47.6. The number of ether oxygens (including phenoxy) is 3. The van der Waals surface area contributed by atoms with Crippen molar-refractivity contribution in [3.63, 3.8) is 0 Å². The van der Waals surface area contributed by atoms with Gasteiger partial charge in [-0.2, -0.15) is 0 Å². The predicted octanol–water partition coefficient (Wildman–Crippen LogP) is 12.4. The van der Waals surface area contributed by atoms with E-state index in [-0.39, 0.29) is 24.1 Å². The summed E-state index contributed by atoms with van der Waals surface area (Å²) in [5.41, 5.74) is 19.5. The molecule has 4 aromatic heterocycles. The molecule has 1 unspecified atom stereocenters. The summed E-state index contributed by atoms with van der Waals surface area (Å²) >= 11 is 8.05. The van der Waals surface area contributed by atoms with Crippen LogP contribution < -0.4 is 15.0 Å². The number of nitrogens with zero attached hydrogens (tertiary/aromatic N) is 5. The van der Waals surface area contributed by atoms with E-state index in [9.17, 15) is 9.59 Å². The van der Waals surface area contributed by atoms with Crippen LogP contribution in [0.5, 0.6) is 11.6 Å². The maximum Gasteiger partial charge on any atom is 0.340 e. The van der Waals surface area contributed by atoms with Crippen molar-refractivity contribution in [2.75, 3.05) is 27.4 Å². The molecule has 0 aliphatic heterocycles. The molecule has 12 rings (SSSR count). The van der Waals surface area contributed by atoms with Gasteiger partial charge in [-0.05, 0) is 137 Å². The highest BCUT2D eigenvalue weighted by Crippen LogP contribution is 2.47. The Morgan fingerprint density at radius 3 is 2.20 bits per heavy atom. The van der Waals surface area contributed by atoms with Crippen LogP contribution in [0.1, 0.15) is 84.4 Å².